The van der Waals surface area contributed by atoms with E-state index in [9.17, 15) is 4.79 Å². The number of hydrogen-bond acceptors (Lipinski definition) is 6. The fourth-order valence-corrected chi connectivity index (χ4v) is 3.41. The molecule has 0 saturated heterocycles. The number of carbonyl (C=O) groups is 1. The second-order valence-corrected chi connectivity index (χ2v) is 7.76. The molecule has 4 rings (SSSR count). The summed E-state index contributed by atoms with van der Waals surface area (Å²) in [6.07, 6.45) is 1.71. The molecule has 7 nitrogen and oxygen atoms in total. The SMILES string of the molecule is COCCNC(=O)c1ccc(Oc2ccc(Cl)cc2Nc2ccnc3nc(C)ccc23)cc1. The summed E-state index contributed by atoms with van der Waals surface area (Å²) < 4.78 is 11.0. The fourth-order valence-electron chi connectivity index (χ4n) is 3.24. The van der Waals surface area contributed by atoms with Crippen LogP contribution in [0.5, 0.6) is 11.5 Å². The minimum atomic E-state index is -0.166. The Morgan fingerprint density at radius 3 is 2.64 bits per heavy atom. The molecular formula is C25H23ClN4O3. The number of anilines is 2. The molecule has 2 heterocycles. The molecule has 1 amide bonds. The van der Waals surface area contributed by atoms with Crippen molar-refractivity contribution in [1.82, 2.24) is 15.3 Å². The van der Waals surface area contributed by atoms with Gasteiger partial charge in [-0.25, -0.2) is 9.97 Å². The first-order valence-corrected chi connectivity index (χ1v) is 10.8. The Kier molecular flexibility index (Phi) is 7.02. The number of carbonyl (C=O) groups excluding carboxylic acids is 1. The number of nitrogens with zero attached hydrogens (tertiary/aromatic N) is 2. The highest BCUT2D eigenvalue weighted by Crippen LogP contribution is 2.35. The molecule has 0 bridgehead atoms. The average Bonchev–Trinajstić information content (AvgIpc) is 2.81. The molecule has 0 aliphatic heterocycles. The van der Waals surface area contributed by atoms with E-state index in [-0.39, 0.29) is 5.91 Å². The number of aryl methyl sites for hydroxylation is 1. The Morgan fingerprint density at radius 2 is 1.85 bits per heavy atom. The maximum atomic E-state index is 12.2. The van der Waals surface area contributed by atoms with E-state index in [1.165, 1.54) is 0 Å². The van der Waals surface area contributed by atoms with Crippen LogP contribution < -0.4 is 15.4 Å². The number of benzene rings is 2. The average molecular weight is 463 g/mol. The van der Waals surface area contributed by atoms with Gasteiger partial charge < -0.3 is 20.1 Å². The summed E-state index contributed by atoms with van der Waals surface area (Å²) in [5, 5.41) is 7.64. The Bertz CT molecular complexity index is 1280. The van der Waals surface area contributed by atoms with Gasteiger partial charge in [-0.15, -0.1) is 0 Å². The number of ether oxygens (including phenoxy) is 2. The van der Waals surface area contributed by atoms with Crippen LogP contribution in [0.15, 0.2) is 66.9 Å². The molecule has 0 aliphatic rings. The number of amides is 1. The van der Waals surface area contributed by atoms with Crippen molar-refractivity contribution in [3.63, 3.8) is 0 Å². The highest BCUT2D eigenvalue weighted by molar-refractivity contribution is 6.31. The van der Waals surface area contributed by atoms with Crippen molar-refractivity contribution in [3.05, 3.63) is 83.1 Å². The van der Waals surface area contributed by atoms with Crippen LogP contribution in [0.4, 0.5) is 11.4 Å². The summed E-state index contributed by atoms with van der Waals surface area (Å²) in [5.74, 6) is 1.01. The van der Waals surface area contributed by atoms with Crippen LogP contribution in [0.25, 0.3) is 11.0 Å². The van der Waals surface area contributed by atoms with Gasteiger partial charge in [0.15, 0.2) is 11.4 Å². The van der Waals surface area contributed by atoms with Crippen LogP contribution in [0.3, 0.4) is 0 Å². The molecule has 2 N–H and O–H groups in total. The minimum Gasteiger partial charge on any atom is -0.455 e. The molecule has 4 aromatic rings. The van der Waals surface area contributed by atoms with Gasteiger partial charge in [-0.2, -0.15) is 0 Å². The Morgan fingerprint density at radius 1 is 1.03 bits per heavy atom. The first kappa shape index (κ1) is 22.5. The smallest absolute Gasteiger partial charge is 0.251 e. The molecule has 0 radical (unpaired) electrons. The number of halogens is 1. The zero-order valence-electron chi connectivity index (χ0n) is 18.3. The van der Waals surface area contributed by atoms with Crippen molar-refractivity contribution >= 4 is 39.9 Å². The monoisotopic (exact) mass is 462 g/mol. The number of nitrogens with one attached hydrogen (secondary N) is 2. The highest BCUT2D eigenvalue weighted by Gasteiger charge is 2.11. The van der Waals surface area contributed by atoms with Crippen molar-refractivity contribution in [2.24, 2.45) is 0 Å². The van der Waals surface area contributed by atoms with Crippen molar-refractivity contribution in [1.29, 1.82) is 0 Å². The summed E-state index contributed by atoms with van der Waals surface area (Å²) in [7, 11) is 1.59. The lowest BCUT2D eigenvalue weighted by Gasteiger charge is -2.15. The van der Waals surface area contributed by atoms with E-state index in [2.05, 4.69) is 20.6 Å². The molecule has 33 heavy (non-hydrogen) atoms. The standard InChI is InChI=1S/C25H23ClN4O3/c1-16-3-9-20-21(11-12-27-24(20)29-16)30-22-15-18(26)6-10-23(22)33-19-7-4-17(5-8-19)25(31)28-13-14-32-2/h3-12,15H,13-14H2,1-2H3,(H,28,31)(H,27,29,30). The molecule has 2 aromatic carbocycles. The van der Waals surface area contributed by atoms with Gasteiger partial charge in [0.05, 0.1) is 18.0 Å². The van der Waals surface area contributed by atoms with Crippen LogP contribution in [-0.4, -0.2) is 36.1 Å². The fraction of sp³-hybridized carbons (Fsp3) is 0.160. The van der Waals surface area contributed by atoms with E-state index in [0.29, 0.717) is 46.6 Å². The predicted molar refractivity (Wildman–Crippen MR) is 130 cm³/mol. The predicted octanol–water partition coefficient (Wildman–Crippen LogP) is 5.50. The zero-order chi connectivity index (χ0) is 23.2. The van der Waals surface area contributed by atoms with E-state index >= 15 is 0 Å². The highest BCUT2D eigenvalue weighted by atomic mass is 35.5. The molecule has 0 spiro atoms. The van der Waals surface area contributed by atoms with Crippen molar-refractivity contribution in [3.8, 4) is 11.5 Å². The summed E-state index contributed by atoms with van der Waals surface area (Å²) in [5.41, 5.74) is 3.62. The molecule has 0 fully saturated rings. The normalized spacial score (nSPS) is 10.8. The molecule has 0 saturated carbocycles. The Balaban J connectivity index is 1.55. The van der Waals surface area contributed by atoms with Gasteiger partial charge in [0.2, 0.25) is 0 Å². The second-order valence-electron chi connectivity index (χ2n) is 7.32. The van der Waals surface area contributed by atoms with E-state index < -0.39 is 0 Å². The van der Waals surface area contributed by atoms with Crippen LogP contribution in [0.2, 0.25) is 5.02 Å². The van der Waals surface area contributed by atoms with Gasteiger partial charge in [0.1, 0.15) is 5.75 Å². The number of rotatable bonds is 8. The Labute approximate surface area is 196 Å². The molecule has 0 aliphatic carbocycles. The second kappa shape index (κ2) is 10.3. The minimum absolute atomic E-state index is 0.166. The van der Waals surface area contributed by atoms with Crippen LogP contribution in [-0.2, 0) is 4.74 Å². The molecule has 2 aromatic heterocycles. The van der Waals surface area contributed by atoms with Gasteiger partial charge >= 0.3 is 0 Å². The van der Waals surface area contributed by atoms with Gasteiger partial charge in [0, 0.05) is 41.5 Å². The van der Waals surface area contributed by atoms with Crippen molar-refractivity contribution in [2.75, 3.05) is 25.6 Å². The summed E-state index contributed by atoms with van der Waals surface area (Å²) in [4.78, 5) is 21.0. The van der Waals surface area contributed by atoms with Gasteiger partial charge in [-0.1, -0.05) is 11.6 Å². The van der Waals surface area contributed by atoms with Crippen molar-refractivity contribution in [2.45, 2.75) is 6.92 Å². The first-order chi connectivity index (χ1) is 16.0. The summed E-state index contributed by atoms with van der Waals surface area (Å²) >= 11 is 6.26. The quantitative estimate of drug-likeness (QED) is 0.336. The molecule has 0 unspecified atom stereocenters. The number of aromatic nitrogens is 2. The number of hydrogen-bond donors (Lipinski definition) is 2. The van der Waals surface area contributed by atoms with Crippen molar-refractivity contribution < 1.29 is 14.3 Å². The van der Waals surface area contributed by atoms with E-state index in [0.717, 1.165) is 16.8 Å². The number of methoxy groups -OCH3 is 1. The first-order valence-electron chi connectivity index (χ1n) is 10.4. The largest absolute Gasteiger partial charge is 0.455 e. The summed E-state index contributed by atoms with van der Waals surface area (Å²) in [6.45, 7) is 2.84. The van der Waals surface area contributed by atoms with Crippen LogP contribution in [0.1, 0.15) is 16.1 Å². The topological polar surface area (TPSA) is 85.4 Å². The summed E-state index contributed by atoms with van der Waals surface area (Å²) in [6, 6.07) is 18.1. The maximum Gasteiger partial charge on any atom is 0.251 e. The molecule has 0 atom stereocenters. The molecular weight excluding hydrogens is 440 g/mol. The van der Waals surface area contributed by atoms with E-state index in [1.54, 1.807) is 55.8 Å². The molecule has 8 heteroatoms. The third-order valence-corrected chi connectivity index (χ3v) is 5.12. The van der Waals surface area contributed by atoms with Gasteiger partial charge in [0.25, 0.3) is 5.91 Å². The Hall–Kier alpha value is -3.68. The van der Waals surface area contributed by atoms with Crippen LogP contribution >= 0.6 is 11.6 Å². The lowest BCUT2D eigenvalue weighted by atomic mass is 10.2. The molecule has 168 valence electrons. The number of fused-ring (bicyclic) bond motifs is 1. The maximum absolute atomic E-state index is 12.2. The lowest BCUT2D eigenvalue weighted by molar-refractivity contribution is 0.0937. The third-order valence-electron chi connectivity index (χ3n) is 4.89. The zero-order valence-corrected chi connectivity index (χ0v) is 19.0. The number of pyridine rings is 2. The lowest BCUT2D eigenvalue weighted by Crippen LogP contribution is -2.26. The van der Waals surface area contributed by atoms with E-state index in [1.807, 2.05) is 25.1 Å². The third kappa shape index (κ3) is 5.58. The van der Waals surface area contributed by atoms with Crippen LogP contribution in [0, 0.1) is 6.92 Å². The van der Waals surface area contributed by atoms with E-state index in [4.69, 9.17) is 21.1 Å². The van der Waals surface area contributed by atoms with Gasteiger partial charge in [-0.05, 0) is 67.6 Å². The van der Waals surface area contributed by atoms with Gasteiger partial charge in [-0.3, -0.25) is 4.79 Å².